The molecular formula is C24H29N3O3. The molecule has 6 heteroatoms. The second kappa shape index (κ2) is 9.11. The molecule has 0 saturated heterocycles. The molecular weight excluding hydrogens is 378 g/mol. The highest BCUT2D eigenvalue weighted by Crippen LogP contribution is 2.24. The molecule has 0 amide bonds. The van der Waals surface area contributed by atoms with Gasteiger partial charge in [-0.15, -0.1) is 0 Å². The smallest absolute Gasteiger partial charge is 0.346 e. The first-order valence-corrected chi connectivity index (χ1v) is 10.4. The summed E-state index contributed by atoms with van der Waals surface area (Å²) in [6.07, 6.45) is 0.906. The van der Waals surface area contributed by atoms with E-state index in [1.807, 2.05) is 30.3 Å². The van der Waals surface area contributed by atoms with E-state index in [1.54, 1.807) is 27.4 Å². The summed E-state index contributed by atoms with van der Waals surface area (Å²) < 4.78 is 3.33. The van der Waals surface area contributed by atoms with Gasteiger partial charge in [0.1, 0.15) is 5.82 Å². The molecule has 0 fully saturated rings. The highest BCUT2D eigenvalue weighted by atomic mass is 16.4. The predicted octanol–water partition coefficient (Wildman–Crippen LogP) is 4.63. The fraction of sp³-hybridized carbons (Fsp3) is 0.375. The minimum Gasteiger partial charge on any atom is -0.478 e. The molecule has 3 aromatic rings. The highest BCUT2D eigenvalue weighted by Gasteiger charge is 2.19. The van der Waals surface area contributed by atoms with Gasteiger partial charge >= 0.3 is 11.7 Å². The van der Waals surface area contributed by atoms with Crippen LogP contribution in [0.5, 0.6) is 0 Å². The number of aromatic nitrogens is 3. The highest BCUT2D eigenvalue weighted by molar-refractivity contribution is 5.95. The topological polar surface area (TPSA) is 77.1 Å². The fourth-order valence-corrected chi connectivity index (χ4v) is 3.51. The van der Waals surface area contributed by atoms with Crippen LogP contribution in [0.1, 0.15) is 61.8 Å². The van der Waals surface area contributed by atoms with Crippen LogP contribution in [0.15, 0.2) is 53.3 Å². The van der Waals surface area contributed by atoms with Gasteiger partial charge in [0.15, 0.2) is 0 Å². The maximum atomic E-state index is 13.0. The average molecular weight is 408 g/mol. The second-order valence-electron chi connectivity index (χ2n) is 8.16. The van der Waals surface area contributed by atoms with Crippen LogP contribution in [0.25, 0.3) is 11.1 Å². The molecule has 1 N–H and O–H groups in total. The molecule has 6 nitrogen and oxygen atoms in total. The zero-order chi connectivity index (χ0) is 21.8. The van der Waals surface area contributed by atoms with Crippen LogP contribution < -0.4 is 5.69 Å². The Morgan fingerprint density at radius 3 is 2.33 bits per heavy atom. The van der Waals surface area contributed by atoms with Crippen molar-refractivity contribution in [1.29, 1.82) is 0 Å². The van der Waals surface area contributed by atoms with E-state index in [0.29, 0.717) is 24.6 Å². The Labute approximate surface area is 176 Å². The molecule has 0 aliphatic heterocycles. The number of nitrogens with zero attached hydrogens (tertiary/aromatic N) is 3. The van der Waals surface area contributed by atoms with Crippen LogP contribution in [0, 0.1) is 5.92 Å². The lowest BCUT2D eigenvalue weighted by Crippen LogP contribution is -2.27. The van der Waals surface area contributed by atoms with Crippen molar-refractivity contribution in [2.45, 2.75) is 53.1 Å². The van der Waals surface area contributed by atoms with Crippen molar-refractivity contribution in [2.24, 2.45) is 5.92 Å². The van der Waals surface area contributed by atoms with Crippen LogP contribution in [0.4, 0.5) is 0 Å². The molecule has 0 aliphatic rings. The largest absolute Gasteiger partial charge is 0.478 e. The summed E-state index contributed by atoms with van der Waals surface area (Å²) in [5.41, 5.74) is 2.68. The molecule has 1 aromatic heterocycles. The normalized spacial score (nSPS) is 12.3. The van der Waals surface area contributed by atoms with E-state index in [1.165, 1.54) is 0 Å². The van der Waals surface area contributed by atoms with E-state index in [0.717, 1.165) is 23.4 Å². The van der Waals surface area contributed by atoms with E-state index in [9.17, 15) is 14.7 Å². The first kappa shape index (κ1) is 21.6. The van der Waals surface area contributed by atoms with E-state index >= 15 is 0 Å². The average Bonchev–Trinajstić information content (AvgIpc) is 3.03. The Morgan fingerprint density at radius 1 is 1.07 bits per heavy atom. The molecule has 3 rings (SSSR count). The Hall–Kier alpha value is -3.15. The van der Waals surface area contributed by atoms with Crippen molar-refractivity contribution in [3.8, 4) is 11.1 Å². The molecule has 0 saturated carbocycles. The van der Waals surface area contributed by atoms with Crippen LogP contribution >= 0.6 is 0 Å². The van der Waals surface area contributed by atoms with Gasteiger partial charge in [-0.3, -0.25) is 4.57 Å². The summed E-state index contributed by atoms with van der Waals surface area (Å²) in [5, 5.41) is 14.0. The standard InChI is InChI=1S/C24H29N3O3/c1-5-17(4)22-25-27(14-16(2)3)24(30)26(22)15-18-10-12-19(13-11-18)20-8-6-7-9-21(20)23(28)29/h6-13,16-17H,5,14-15H2,1-4H3,(H,28,29). The number of benzene rings is 2. The first-order chi connectivity index (χ1) is 14.3. The molecule has 2 aromatic carbocycles. The van der Waals surface area contributed by atoms with Crippen molar-refractivity contribution >= 4 is 5.97 Å². The van der Waals surface area contributed by atoms with Crippen molar-refractivity contribution in [2.75, 3.05) is 0 Å². The van der Waals surface area contributed by atoms with Gasteiger partial charge in [-0.25, -0.2) is 14.3 Å². The zero-order valence-corrected chi connectivity index (χ0v) is 18.0. The van der Waals surface area contributed by atoms with Gasteiger partial charge in [-0.1, -0.05) is 70.2 Å². The molecule has 0 radical (unpaired) electrons. The van der Waals surface area contributed by atoms with Crippen LogP contribution in [0.3, 0.4) is 0 Å². The third kappa shape index (κ3) is 4.53. The number of carboxylic acid groups (broad SMARTS) is 1. The summed E-state index contributed by atoms with van der Waals surface area (Å²) >= 11 is 0. The lowest BCUT2D eigenvalue weighted by atomic mass is 9.98. The van der Waals surface area contributed by atoms with E-state index < -0.39 is 5.97 Å². The molecule has 30 heavy (non-hydrogen) atoms. The number of hydrogen-bond acceptors (Lipinski definition) is 3. The fourth-order valence-electron chi connectivity index (χ4n) is 3.51. The Morgan fingerprint density at radius 2 is 1.73 bits per heavy atom. The molecule has 0 aliphatic carbocycles. The molecule has 1 heterocycles. The number of rotatable bonds is 8. The summed E-state index contributed by atoms with van der Waals surface area (Å²) in [7, 11) is 0. The maximum absolute atomic E-state index is 13.0. The molecule has 0 spiro atoms. The van der Waals surface area contributed by atoms with Crippen molar-refractivity contribution < 1.29 is 9.90 Å². The number of aromatic carboxylic acids is 1. The molecule has 1 unspecified atom stereocenters. The second-order valence-corrected chi connectivity index (χ2v) is 8.16. The predicted molar refractivity (Wildman–Crippen MR) is 118 cm³/mol. The first-order valence-electron chi connectivity index (χ1n) is 10.4. The van der Waals surface area contributed by atoms with Gasteiger partial charge in [0.05, 0.1) is 12.1 Å². The minimum atomic E-state index is -0.947. The van der Waals surface area contributed by atoms with Crippen molar-refractivity contribution in [3.63, 3.8) is 0 Å². The Bertz CT molecular complexity index is 1080. The van der Waals surface area contributed by atoms with Gasteiger partial charge < -0.3 is 5.11 Å². The van der Waals surface area contributed by atoms with E-state index in [2.05, 4.69) is 32.8 Å². The molecule has 158 valence electrons. The zero-order valence-electron chi connectivity index (χ0n) is 18.0. The van der Waals surface area contributed by atoms with Gasteiger partial charge in [-0.05, 0) is 35.1 Å². The van der Waals surface area contributed by atoms with Crippen LogP contribution in [-0.4, -0.2) is 25.4 Å². The minimum absolute atomic E-state index is 0.0840. The lowest BCUT2D eigenvalue weighted by molar-refractivity contribution is 0.0697. The Kier molecular flexibility index (Phi) is 6.55. The molecule has 1 atom stereocenters. The number of hydrogen-bond donors (Lipinski definition) is 1. The quantitative estimate of drug-likeness (QED) is 0.591. The number of carboxylic acids is 1. The van der Waals surface area contributed by atoms with Gasteiger partial charge in [0.2, 0.25) is 0 Å². The van der Waals surface area contributed by atoms with Crippen molar-refractivity contribution in [1.82, 2.24) is 14.3 Å². The third-order valence-corrected chi connectivity index (χ3v) is 5.31. The summed E-state index contributed by atoms with van der Waals surface area (Å²) in [5.74, 6) is 0.387. The van der Waals surface area contributed by atoms with Crippen molar-refractivity contribution in [3.05, 3.63) is 76.0 Å². The Balaban J connectivity index is 1.93. The SMILES string of the molecule is CCC(C)c1nn(CC(C)C)c(=O)n1Cc1ccc(-c2ccccc2C(=O)O)cc1. The van der Waals surface area contributed by atoms with Crippen LogP contribution in [0.2, 0.25) is 0 Å². The van der Waals surface area contributed by atoms with E-state index in [4.69, 9.17) is 0 Å². The lowest BCUT2D eigenvalue weighted by Gasteiger charge is -2.11. The molecule has 0 bridgehead atoms. The van der Waals surface area contributed by atoms with Crippen LogP contribution in [-0.2, 0) is 13.1 Å². The monoisotopic (exact) mass is 407 g/mol. The van der Waals surface area contributed by atoms with Gasteiger partial charge in [-0.2, -0.15) is 5.10 Å². The summed E-state index contributed by atoms with van der Waals surface area (Å²) in [6.45, 7) is 9.36. The third-order valence-electron chi connectivity index (χ3n) is 5.31. The van der Waals surface area contributed by atoms with E-state index in [-0.39, 0.29) is 17.2 Å². The number of carbonyl (C=O) groups is 1. The maximum Gasteiger partial charge on any atom is 0.346 e. The summed E-state index contributed by atoms with van der Waals surface area (Å²) in [6, 6.07) is 14.7. The van der Waals surface area contributed by atoms with Gasteiger partial charge in [0.25, 0.3) is 0 Å². The summed E-state index contributed by atoms with van der Waals surface area (Å²) in [4.78, 5) is 24.5. The van der Waals surface area contributed by atoms with Gasteiger partial charge in [0, 0.05) is 12.5 Å².